The van der Waals surface area contributed by atoms with Gasteiger partial charge in [-0.2, -0.15) is 13.2 Å². The molecule has 0 heterocycles. The van der Waals surface area contributed by atoms with Crippen LogP contribution in [0.25, 0.3) is 0 Å². The summed E-state index contributed by atoms with van der Waals surface area (Å²) in [5, 5.41) is 0.351. The normalized spacial score (nSPS) is 14.1. The zero-order chi connectivity index (χ0) is 14.6. The average molecular weight is 310 g/mol. The van der Waals surface area contributed by atoms with Gasteiger partial charge < -0.3 is 4.74 Å². The molecule has 1 unspecified atom stereocenters. The Kier molecular flexibility index (Phi) is 5.43. The average Bonchev–Trinajstić information content (AvgIpc) is 2.27. The molecule has 0 saturated carbocycles. The molecular weight excluding hydrogens is 296 g/mol. The van der Waals surface area contributed by atoms with Gasteiger partial charge in [0.25, 0.3) is 0 Å². The van der Waals surface area contributed by atoms with E-state index in [4.69, 9.17) is 11.6 Å². The third-order valence-corrected chi connectivity index (χ3v) is 3.58. The monoisotopic (exact) mass is 309 g/mol. The molecule has 19 heavy (non-hydrogen) atoms. The lowest BCUT2D eigenvalue weighted by atomic mass is 10.2. The van der Waals surface area contributed by atoms with E-state index in [9.17, 15) is 13.0 Å². The summed E-state index contributed by atoms with van der Waals surface area (Å²) in [4.78, 5) is 0. The molecule has 1 aromatic carbocycles. The van der Waals surface area contributed by atoms with Crippen molar-refractivity contribution in [2.75, 3.05) is 0 Å². The first-order valence-corrected chi connectivity index (χ1v) is 6.89. The molecule has 0 aromatic heterocycles. The molecule has 1 atom stereocenters. The van der Waals surface area contributed by atoms with E-state index in [1.54, 1.807) is 20.8 Å². The molecule has 1 aromatic rings. The molecule has 0 N–H and O–H groups in total. The fourth-order valence-corrected chi connectivity index (χ4v) is 1.79. The Morgan fingerprint density at radius 2 is 2.05 bits per heavy atom. The van der Waals surface area contributed by atoms with Crippen molar-refractivity contribution in [3.05, 3.63) is 28.8 Å². The van der Waals surface area contributed by atoms with E-state index in [1.807, 2.05) is 0 Å². The van der Waals surface area contributed by atoms with E-state index < -0.39 is 22.3 Å². The molecule has 106 valence electrons. The minimum absolute atomic E-state index is 0.0611. The second-order valence-electron chi connectivity index (χ2n) is 4.66. The number of rotatable bonds is 4. The van der Waals surface area contributed by atoms with E-state index in [0.717, 1.165) is 0 Å². The maximum absolute atomic E-state index is 12.2. The summed E-state index contributed by atoms with van der Waals surface area (Å²) < 4.78 is 43.9. The van der Waals surface area contributed by atoms with Gasteiger partial charge in [-0.1, -0.05) is 11.6 Å². The van der Waals surface area contributed by atoms with Crippen LogP contribution in [0.15, 0.2) is 22.6 Å². The van der Waals surface area contributed by atoms with Crippen LogP contribution in [0.3, 0.4) is 0 Å². The quantitative estimate of drug-likeness (QED) is 0.793. The topological polar surface area (TPSA) is 38.7 Å². The molecule has 0 radical (unpaired) electrons. The summed E-state index contributed by atoms with van der Waals surface area (Å²) in [5.74, 6) is -0.0611. The van der Waals surface area contributed by atoms with Crippen LogP contribution in [0.1, 0.15) is 26.3 Å². The van der Waals surface area contributed by atoms with Crippen LogP contribution in [0, 0.1) is 0 Å². The molecule has 0 saturated heterocycles. The van der Waals surface area contributed by atoms with Gasteiger partial charge in [-0.25, -0.2) is 4.21 Å². The highest BCUT2D eigenvalue weighted by molar-refractivity contribution is 7.85. The van der Waals surface area contributed by atoms with Gasteiger partial charge in [0.1, 0.15) is 16.7 Å². The Hall–Kier alpha value is -1.01. The van der Waals surface area contributed by atoms with Gasteiger partial charge in [0.2, 0.25) is 0 Å². The highest BCUT2D eigenvalue weighted by atomic mass is 35.5. The summed E-state index contributed by atoms with van der Waals surface area (Å²) in [6.45, 7) is 2.33. The molecule has 0 fully saturated rings. The highest BCUT2D eigenvalue weighted by Gasteiger charge is 2.18. The first-order chi connectivity index (χ1) is 8.70. The molecule has 0 amide bonds. The zero-order valence-electron chi connectivity index (χ0n) is 10.7. The predicted molar refractivity (Wildman–Crippen MR) is 73.6 cm³/mol. The maximum Gasteiger partial charge on any atom is 0.387 e. The smallest absolute Gasteiger partial charge is 0.387 e. The van der Waals surface area contributed by atoms with E-state index in [-0.39, 0.29) is 11.3 Å². The fraction of sp³-hybridized carbons (Fsp3) is 0.417. The van der Waals surface area contributed by atoms with Gasteiger partial charge in [-0.05, 0) is 39.0 Å². The number of hydrogen-bond donors (Lipinski definition) is 0. The number of alkyl halides is 2. The molecule has 3 nitrogen and oxygen atoms in total. The van der Waals surface area contributed by atoms with Gasteiger partial charge in [-0.15, -0.1) is 0 Å². The second kappa shape index (κ2) is 6.43. The Balaban J connectivity index is 3.02. The fourth-order valence-electron chi connectivity index (χ4n) is 1.09. The minimum Gasteiger partial charge on any atom is -0.434 e. The summed E-state index contributed by atoms with van der Waals surface area (Å²) in [6, 6.07) is 4.16. The van der Waals surface area contributed by atoms with Gasteiger partial charge in [-0.3, -0.25) is 0 Å². The number of benzene rings is 1. The summed E-state index contributed by atoms with van der Waals surface area (Å²) in [5.41, 5.74) is 0.255. The summed E-state index contributed by atoms with van der Waals surface area (Å²) in [7, 11) is -1.48. The molecule has 7 heteroatoms. The zero-order valence-corrected chi connectivity index (χ0v) is 12.3. The number of hydrogen-bond acceptors (Lipinski definition) is 2. The summed E-state index contributed by atoms with van der Waals surface area (Å²) >= 11 is 5.78. The number of halogens is 3. The molecule has 0 aliphatic rings. The van der Waals surface area contributed by atoms with Crippen LogP contribution in [-0.4, -0.2) is 21.8 Å². The number of ether oxygens (including phenoxy) is 1. The summed E-state index contributed by atoms with van der Waals surface area (Å²) in [6.07, 6.45) is 1.23. The molecule has 0 spiro atoms. The standard InChI is InChI=1S/C12H14ClF2NO2S/c1-12(2,3)19(17)16-7-8-6-9(13)4-5-10(8)18-11(14)15/h4-7,11H,1-3H3. The van der Waals surface area contributed by atoms with Crippen LogP contribution < -0.4 is 4.74 Å². The van der Waals surface area contributed by atoms with Gasteiger partial charge in [0, 0.05) is 16.8 Å². The van der Waals surface area contributed by atoms with Crippen molar-refractivity contribution in [2.24, 2.45) is 4.40 Å². The lowest BCUT2D eigenvalue weighted by molar-refractivity contribution is -0.0499. The molecule has 0 bridgehead atoms. The Morgan fingerprint density at radius 3 is 2.58 bits per heavy atom. The lowest BCUT2D eigenvalue weighted by Gasteiger charge is -2.13. The highest BCUT2D eigenvalue weighted by Crippen LogP contribution is 2.23. The Labute approximate surface area is 118 Å². The first kappa shape index (κ1) is 16.0. The van der Waals surface area contributed by atoms with Crippen molar-refractivity contribution in [1.82, 2.24) is 0 Å². The van der Waals surface area contributed by atoms with Crippen molar-refractivity contribution in [3.8, 4) is 5.75 Å². The van der Waals surface area contributed by atoms with Gasteiger partial charge >= 0.3 is 6.61 Å². The van der Waals surface area contributed by atoms with Crippen LogP contribution in [0.4, 0.5) is 8.78 Å². The maximum atomic E-state index is 12.2. The van der Waals surface area contributed by atoms with Crippen molar-refractivity contribution in [2.45, 2.75) is 32.1 Å². The molecule has 0 aliphatic heterocycles. The molecule has 1 rings (SSSR count). The van der Waals surface area contributed by atoms with Gasteiger partial charge in [0.15, 0.2) is 0 Å². The largest absolute Gasteiger partial charge is 0.434 e. The van der Waals surface area contributed by atoms with E-state index in [0.29, 0.717) is 5.02 Å². The van der Waals surface area contributed by atoms with E-state index in [1.165, 1.54) is 24.4 Å². The minimum atomic E-state index is -2.94. The lowest BCUT2D eigenvalue weighted by Crippen LogP contribution is -2.19. The third kappa shape index (κ3) is 5.24. The van der Waals surface area contributed by atoms with Crippen molar-refractivity contribution < 1.29 is 17.7 Å². The van der Waals surface area contributed by atoms with E-state index >= 15 is 0 Å². The van der Waals surface area contributed by atoms with Crippen LogP contribution >= 0.6 is 11.6 Å². The van der Waals surface area contributed by atoms with Crippen LogP contribution in [-0.2, 0) is 11.0 Å². The SMILES string of the molecule is CC(C)(C)S(=O)N=Cc1cc(Cl)ccc1OC(F)F. The van der Waals surface area contributed by atoms with Crippen molar-refractivity contribution in [1.29, 1.82) is 0 Å². The second-order valence-corrected chi connectivity index (χ2v) is 7.03. The van der Waals surface area contributed by atoms with Crippen molar-refractivity contribution >= 4 is 28.8 Å². The third-order valence-electron chi connectivity index (χ3n) is 2.00. The first-order valence-electron chi connectivity index (χ1n) is 5.40. The Morgan fingerprint density at radius 1 is 1.42 bits per heavy atom. The van der Waals surface area contributed by atoms with Crippen LogP contribution in [0.5, 0.6) is 5.75 Å². The van der Waals surface area contributed by atoms with Gasteiger partial charge in [0.05, 0.1) is 4.75 Å². The Bertz CT molecular complexity index is 501. The predicted octanol–water partition coefficient (Wildman–Crippen LogP) is 3.82. The van der Waals surface area contributed by atoms with Crippen LogP contribution in [0.2, 0.25) is 5.02 Å². The molecular formula is C12H14ClF2NO2S. The molecule has 0 aliphatic carbocycles. The number of nitrogens with zero attached hydrogens (tertiary/aromatic N) is 1. The van der Waals surface area contributed by atoms with E-state index in [2.05, 4.69) is 9.13 Å². The van der Waals surface area contributed by atoms with Crippen molar-refractivity contribution in [3.63, 3.8) is 0 Å².